The van der Waals surface area contributed by atoms with Crippen molar-refractivity contribution in [3.05, 3.63) is 76.3 Å². The molecule has 15 nitrogen and oxygen atoms in total. The summed E-state index contributed by atoms with van der Waals surface area (Å²) in [6, 6.07) is 9.18. The molecule has 8 atom stereocenters. The Balaban J connectivity index is 1.51. The van der Waals surface area contributed by atoms with Crippen LogP contribution in [0.2, 0.25) is 5.02 Å². The number of halogens is 1. The van der Waals surface area contributed by atoms with Gasteiger partial charge in [-0.2, -0.15) is 0 Å². The van der Waals surface area contributed by atoms with E-state index in [1.807, 2.05) is 65.8 Å². The van der Waals surface area contributed by atoms with Crippen LogP contribution in [-0.2, 0) is 51.2 Å². The number of ether oxygens (including phenoxy) is 3. The highest BCUT2D eigenvalue weighted by atomic mass is 35.5. The van der Waals surface area contributed by atoms with Gasteiger partial charge in [-0.3, -0.25) is 24.0 Å². The number of cyclic esters (lactones) is 1. The number of hydrogen-bond acceptors (Lipinski definition) is 10. The number of benzene rings is 2. The van der Waals surface area contributed by atoms with Crippen LogP contribution in [0.3, 0.4) is 0 Å². The van der Waals surface area contributed by atoms with E-state index >= 15 is 0 Å². The number of esters is 1. The van der Waals surface area contributed by atoms with Gasteiger partial charge in [0.15, 0.2) is 0 Å². The molecule has 2 aromatic carbocycles. The minimum atomic E-state index is -1.15. The first kappa shape index (κ1) is 49.7. The molecule has 2 aromatic rings. The summed E-state index contributed by atoms with van der Waals surface area (Å²) in [7, 11) is 1.50. The molecule has 340 valence electrons. The number of amides is 5. The van der Waals surface area contributed by atoms with Crippen LogP contribution in [0.25, 0.3) is 0 Å². The lowest BCUT2D eigenvalue weighted by molar-refractivity contribution is -0.157. The van der Waals surface area contributed by atoms with E-state index in [0.29, 0.717) is 16.3 Å². The summed E-state index contributed by atoms with van der Waals surface area (Å²) in [5, 5.41) is 14.4. The van der Waals surface area contributed by atoms with Crippen LogP contribution in [0.1, 0.15) is 97.9 Å². The van der Waals surface area contributed by atoms with Crippen molar-refractivity contribution >= 4 is 47.1 Å². The SMILES string of the molecule is COc1ccc(C[C@H]2NC(=O)/C=C/C[C@@H]([C@H](C)[C@H]3O[C@@H]3c3ccc(CNC(=O)C(C)NC(=O)[C@@H](N)C(C)C)cc3)OC(=O)[C@H](CC(C)(C)C)NC(=O)C(C)(C)CNC2=O)cc1Cl. The Morgan fingerprint density at radius 2 is 1.63 bits per heavy atom. The Bertz CT molecular complexity index is 1960. The molecular formula is C46H65ClN6O9. The zero-order valence-corrected chi connectivity index (χ0v) is 38.3. The van der Waals surface area contributed by atoms with Crippen molar-refractivity contribution in [3.8, 4) is 5.75 Å². The zero-order valence-electron chi connectivity index (χ0n) is 37.6. The number of carbonyl (C=O) groups excluding carboxylic acids is 6. The predicted molar refractivity (Wildman–Crippen MR) is 236 cm³/mol. The quantitative estimate of drug-likeness (QED) is 0.125. The highest BCUT2D eigenvalue weighted by molar-refractivity contribution is 6.32. The Hall–Kier alpha value is -4.99. The summed E-state index contributed by atoms with van der Waals surface area (Å²) in [6.07, 6.45) is 2.04. The third-order valence-corrected chi connectivity index (χ3v) is 11.4. The molecule has 2 aliphatic rings. The number of methoxy groups -OCH3 is 1. The average molecular weight is 882 g/mol. The number of epoxide rings is 1. The Labute approximate surface area is 370 Å². The maximum absolute atomic E-state index is 14.0. The third kappa shape index (κ3) is 14.3. The molecule has 16 heteroatoms. The van der Waals surface area contributed by atoms with E-state index in [4.69, 9.17) is 31.5 Å². The van der Waals surface area contributed by atoms with Gasteiger partial charge in [0.05, 0.1) is 29.7 Å². The first-order valence-corrected chi connectivity index (χ1v) is 21.5. The van der Waals surface area contributed by atoms with E-state index in [2.05, 4.69) is 26.6 Å². The molecule has 0 saturated carbocycles. The van der Waals surface area contributed by atoms with Crippen LogP contribution in [0.15, 0.2) is 54.6 Å². The molecule has 1 unspecified atom stereocenters. The van der Waals surface area contributed by atoms with Crippen LogP contribution in [0.5, 0.6) is 5.75 Å². The van der Waals surface area contributed by atoms with Crippen molar-refractivity contribution < 1.29 is 43.0 Å². The van der Waals surface area contributed by atoms with Gasteiger partial charge in [0.2, 0.25) is 29.5 Å². The molecule has 0 spiro atoms. The Kier molecular flexibility index (Phi) is 17.1. The van der Waals surface area contributed by atoms with E-state index in [1.165, 1.54) is 13.2 Å². The fourth-order valence-corrected chi connectivity index (χ4v) is 7.21. The number of nitrogens with two attached hydrogens (primary N) is 1. The molecule has 2 aliphatic heterocycles. The van der Waals surface area contributed by atoms with Gasteiger partial charge in [-0.05, 0) is 73.4 Å². The van der Waals surface area contributed by atoms with Gasteiger partial charge in [-0.15, -0.1) is 0 Å². The van der Waals surface area contributed by atoms with Gasteiger partial charge in [0.25, 0.3) is 0 Å². The highest BCUT2D eigenvalue weighted by Crippen LogP contribution is 2.45. The van der Waals surface area contributed by atoms with Gasteiger partial charge < -0.3 is 46.5 Å². The van der Waals surface area contributed by atoms with Crippen LogP contribution in [0.4, 0.5) is 0 Å². The predicted octanol–water partition coefficient (Wildman–Crippen LogP) is 4.19. The van der Waals surface area contributed by atoms with Crippen molar-refractivity contribution in [1.82, 2.24) is 26.6 Å². The van der Waals surface area contributed by atoms with Gasteiger partial charge in [-0.25, -0.2) is 4.79 Å². The topological polar surface area (TPSA) is 220 Å². The van der Waals surface area contributed by atoms with Crippen molar-refractivity contribution in [2.45, 2.75) is 131 Å². The van der Waals surface area contributed by atoms with E-state index < -0.39 is 59.4 Å². The second-order valence-electron chi connectivity index (χ2n) is 18.6. The average Bonchev–Trinajstić information content (AvgIpc) is 4.01. The normalized spacial score (nSPS) is 24.3. The summed E-state index contributed by atoms with van der Waals surface area (Å²) in [5.74, 6) is -2.79. The highest BCUT2D eigenvalue weighted by Gasteiger charge is 2.48. The molecule has 62 heavy (non-hydrogen) atoms. The molecule has 5 amide bonds. The van der Waals surface area contributed by atoms with Gasteiger partial charge in [-0.1, -0.05) is 89.6 Å². The first-order valence-electron chi connectivity index (χ1n) is 21.2. The van der Waals surface area contributed by atoms with E-state index in [-0.39, 0.29) is 73.6 Å². The van der Waals surface area contributed by atoms with E-state index in [1.54, 1.807) is 45.0 Å². The summed E-state index contributed by atoms with van der Waals surface area (Å²) in [5.41, 5.74) is 6.78. The summed E-state index contributed by atoms with van der Waals surface area (Å²) in [6.45, 7) is 16.5. The van der Waals surface area contributed by atoms with Crippen molar-refractivity contribution in [2.75, 3.05) is 13.7 Å². The molecule has 0 aliphatic carbocycles. The molecule has 0 radical (unpaired) electrons. The number of hydrogen-bond donors (Lipinski definition) is 6. The molecule has 7 N–H and O–H groups in total. The van der Waals surface area contributed by atoms with Crippen molar-refractivity contribution in [1.29, 1.82) is 0 Å². The smallest absolute Gasteiger partial charge is 0.328 e. The molecule has 0 bridgehead atoms. The molecule has 1 saturated heterocycles. The fourth-order valence-electron chi connectivity index (χ4n) is 6.93. The lowest BCUT2D eigenvalue weighted by Gasteiger charge is -2.32. The molecule has 1 fully saturated rings. The van der Waals surface area contributed by atoms with Crippen molar-refractivity contribution in [2.24, 2.45) is 28.4 Å². The van der Waals surface area contributed by atoms with Gasteiger partial charge in [0, 0.05) is 31.8 Å². The van der Waals surface area contributed by atoms with E-state index in [9.17, 15) is 28.8 Å². The Morgan fingerprint density at radius 1 is 0.968 bits per heavy atom. The number of rotatable bonds is 13. The zero-order chi connectivity index (χ0) is 46.1. The van der Waals surface area contributed by atoms with Crippen LogP contribution in [0, 0.1) is 22.7 Å². The van der Waals surface area contributed by atoms with Crippen LogP contribution < -0.4 is 37.1 Å². The molecule has 4 rings (SSSR count). The maximum atomic E-state index is 14.0. The minimum absolute atomic E-state index is 0.0670. The molecule has 2 heterocycles. The molecular weight excluding hydrogens is 816 g/mol. The Morgan fingerprint density at radius 3 is 2.24 bits per heavy atom. The van der Waals surface area contributed by atoms with Gasteiger partial charge >= 0.3 is 5.97 Å². The van der Waals surface area contributed by atoms with E-state index in [0.717, 1.165) is 11.1 Å². The number of nitrogens with one attached hydrogen (secondary N) is 5. The second-order valence-corrected chi connectivity index (χ2v) is 19.0. The standard InChI is InChI=1S/C46H65ClN6O9/c1-25(2)37(48)42(57)51-27(4)40(55)49-23-28-14-17-30(18-15-28)39-38(62-39)26(3)34-12-11-13-36(54)52-32(21-29-16-19-35(60-10)31(47)20-29)41(56)50-24-46(8,9)44(59)53-33(43(58)61-34)22-45(5,6)7/h11,13-20,25-27,32-34,37-39H,12,21-24,48H2,1-10H3,(H,49,55)(H,50,56)(H,51,57)(H,52,54)(H,53,59)/b13-11+/t26-,27?,32+,33-,34-,37-,38+,39+/m0/s1. The number of carbonyl (C=O) groups is 6. The lowest BCUT2D eigenvalue weighted by atomic mass is 9.86. The van der Waals surface area contributed by atoms with Crippen molar-refractivity contribution in [3.63, 3.8) is 0 Å². The summed E-state index contributed by atoms with van der Waals surface area (Å²) < 4.78 is 17.6. The van der Waals surface area contributed by atoms with Gasteiger partial charge in [0.1, 0.15) is 36.1 Å². The summed E-state index contributed by atoms with van der Waals surface area (Å²) >= 11 is 6.37. The second kappa shape index (κ2) is 21.4. The largest absolute Gasteiger partial charge is 0.495 e. The van der Waals surface area contributed by atoms with Crippen LogP contribution >= 0.6 is 11.6 Å². The monoisotopic (exact) mass is 880 g/mol. The van der Waals surface area contributed by atoms with Crippen LogP contribution in [-0.4, -0.2) is 85.5 Å². The minimum Gasteiger partial charge on any atom is -0.495 e. The maximum Gasteiger partial charge on any atom is 0.328 e. The molecule has 0 aromatic heterocycles. The lowest BCUT2D eigenvalue weighted by Crippen LogP contribution is -2.54. The summed E-state index contributed by atoms with van der Waals surface area (Å²) in [4.78, 5) is 79.8. The first-order chi connectivity index (χ1) is 29.0. The fraction of sp³-hybridized carbons (Fsp3) is 0.565. The third-order valence-electron chi connectivity index (χ3n) is 11.1.